The van der Waals surface area contributed by atoms with E-state index in [1.165, 1.54) is 12.1 Å². The Morgan fingerprint density at radius 1 is 1.11 bits per heavy atom. The number of carbonyl (C=O) groups excluding carboxylic acids is 1. The van der Waals surface area contributed by atoms with Gasteiger partial charge < -0.3 is 19.5 Å². The standard InChI is InChI=1S/C21H22FN3O2/c1-27-18-5-3-17(4-6-18)24-8-10-25(11-9-24)21(26)12-15-14-23-20-13-16(22)2-7-19(15)20/h2-7,13-14,23H,8-12H2,1H3. The first-order chi connectivity index (χ1) is 13.1. The number of anilines is 1. The van der Waals surface area contributed by atoms with Crippen molar-refractivity contribution in [1.29, 1.82) is 0 Å². The Bertz CT molecular complexity index is 944. The predicted molar refractivity (Wildman–Crippen MR) is 104 cm³/mol. The molecular weight excluding hydrogens is 345 g/mol. The molecule has 0 atom stereocenters. The fourth-order valence-corrected chi connectivity index (χ4v) is 3.59. The lowest BCUT2D eigenvalue weighted by molar-refractivity contribution is -0.130. The molecule has 2 aromatic carbocycles. The lowest BCUT2D eigenvalue weighted by Crippen LogP contribution is -2.49. The first-order valence-corrected chi connectivity index (χ1v) is 9.06. The number of piperazine rings is 1. The van der Waals surface area contributed by atoms with Gasteiger partial charge in [0.25, 0.3) is 0 Å². The molecule has 0 bridgehead atoms. The van der Waals surface area contributed by atoms with Gasteiger partial charge in [0, 0.05) is 49.0 Å². The summed E-state index contributed by atoms with van der Waals surface area (Å²) in [5.41, 5.74) is 2.77. The van der Waals surface area contributed by atoms with E-state index >= 15 is 0 Å². The second kappa shape index (κ2) is 7.31. The van der Waals surface area contributed by atoms with Crippen LogP contribution in [0.2, 0.25) is 0 Å². The summed E-state index contributed by atoms with van der Waals surface area (Å²) in [6.07, 6.45) is 2.13. The van der Waals surface area contributed by atoms with E-state index in [-0.39, 0.29) is 11.7 Å². The molecule has 4 rings (SSSR count). The summed E-state index contributed by atoms with van der Waals surface area (Å²) >= 11 is 0. The molecule has 0 spiro atoms. The van der Waals surface area contributed by atoms with Crippen LogP contribution in [-0.2, 0) is 11.2 Å². The van der Waals surface area contributed by atoms with Crippen LogP contribution in [0, 0.1) is 5.82 Å². The highest BCUT2D eigenvalue weighted by atomic mass is 19.1. The number of hydrogen-bond donors (Lipinski definition) is 1. The normalized spacial score (nSPS) is 14.6. The zero-order valence-corrected chi connectivity index (χ0v) is 15.2. The first-order valence-electron chi connectivity index (χ1n) is 9.06. The van der Waals surface area contributed by atoms with E-state index in [0.717, 1.165) is 41.0 Å². The van der Waals surface area contributed by atoms with Gasteiger partial charge in [0.05, 0.1) is 13.5 Å². The average Bonchev–Trinajstić information content (AvgIpc) is 3.10. The maximum absolute atomic E-state index is 13.3. The van der Waals surface area contributed by atoms with E-state index in [1.54, 1.807) is 19.4 Å². The molecule has 0 unspecified atom stereocenters. The summed E-state index contributed by atoms with van der Waals surface area (Å²) in [4.78, 5) is 19.9. The van der Waals surface area contributed by atoms with Crippen LogP contribution in [-0.4, -0.2) is 49.1 Å². The maximum Gasteiger partial charge on any atom is 0.227 e. The van der Waals surface area contributed by atoms with Gasteiger partial charge in [-0.3, -0.25) is 4.79 Å². The number of nitrogens with one attached hydrogen (secondary N) is 1. The van der Waals surface area contributed by atoms with Crippen molar-refractivity contribution in [2.75, 3.05) is 38.2 Å². The quantitative estimate of drug-likeness (QED) is 0.770. The number of ether oxygens (including phenoxy) is 1. The van der Waals surface area contributed by atoms with Crippen molar-refractivity contribution < 1.29 is 13.9 Å². The molecule has 0 radical (unpaired) electrons. The molecule has 0 saturated carbocycles. The van der Waals surface area contributed by atoms with Crippen molar-refractivity contribution >= 4 is 22.5 Å². The Labute approximate surface area is 157 Å². The Kier molecular flexibility index (Phi) is 4.71. The summed E-state index contributed by atoms with van der Waals surface area (Å²) in [7, 11) is 1.66. The number of hydrogen-bond acceptors (Lipinski definition) is 3. The molecule has 140 valence electrons. The number of aromatic amines is 1. The molecule has 1 aliphatic rings. The lowest BCUT2D eigenvalue weighted by Gasteiger charge is -2.36. The first kappa shape index (κ1) is 17.4. The number of fused-ring (bicyclic) bond motifs is 1. The highest BCUT2D eigenvalue weighted by Gasteiger charge is 2.22. The van der Waals surface area contributed by atoms with Crippen LogP contribution in [0.3, 0.4) is 0 Å². The van der Waals surface area contributed by atoms with Crippen molar-refractivity contribution in [3.05, 3.63) is 60.0 Å². The predicted octanol–water partition coefficient (Wildman–Crippen LogP) is 3.21. The van der Waals surface area contributed by atoms with Crippen molar-refractivity contribution in [3.63, 3.8) is 0 Å². The highest BCUT2D eigenvalue weighted by molar-refractivity contribution is 5.89. The third kappa shape index (κ3) is 3.60. The van der Waals surface area contributed by atoms with Crippen LogP contribution in [0.4, 0.5) is 10.1 Å². The van der Waals surface area contributed by atoms with Gasteiger partial charge in [0.15, 0.2) is 0 Å². The van der Waals surface area contributed by atoms with Gasteiger partial charge in [-0.25, -0.2) is 4.39 Å². The van der Waals surface area contributed by atoms with Crippen LogP contribution in [0.15, 0.2) is 48.7 Å². The van der Waals surface area contributed by atoms with E-state index in [9.17, 15) is 9.18 Å². The number of methoxy groups -OCH3 is 1. The van der Waals surface area contributed by atoms with E-state index < -0.39 is 0 Å². The number of rotatable bonds is 4. The minimum atomic E-state index is -0.281. The van der Waals surface area contributed by atoms with Crippen LogP contribution in [0.5, 0.6) is 5.75 Å². The number of nitrogens with zero attached hydrogens (tertiary/aromatic N) is 2. The summed E-state index contributed by atoms with van der Waals surface area (Å²) in [6, 6.07) is 12.6. The Morgan fingerprint density at radius 2 is 1.85 bits per heavy atom. The molecule has 3 aromatic rings. The number of carbonyl (C=O) groups is 1. The van der Waals surface area contributed by atoms with Crippen molar-refractivity contribution in [2.45, 2.75) is 6.42 Å². The van der Waals surface area contributed by atoms with E-state index in [0.29, 0.717) is 19.5 Å². The number of halogens is 1. The maximum atomic E-state index is 13.3. The molecule has 1 aliphatic heterocycles. The fraction of sp³-hybridized carbons (Fsp3) is 0.286. The van der Waals surface area contributed by atoms with Crippen molar-refractivity contribution in [1.82, 2.24) is 9.88 Å². The topological polar surface area (TPSA) is 48.6 Å². The van der Waals surface area contributed by atoms with Gasteiger partial charge in [-0.15, -0.1) is 0 Å². The largest absolute Gasteiger partial charge is 0.497 e. The average molecular weight is 367 g/mol. The highest BCUT2D eigenvalue weighted by Crippen LogP contribution is 2.22. The minimum Gasteiger partial charge on any atom is -0.497 e. The van der Waals surface area contributed by atoms with Crippen molar-refractivity contribution in [3.8, 4) is 5.75 Å². The Balaban J connectivity index is 1.38. The zero-order chi connectivity index (χ0) is 18.8. The molecule has 1 amide bonds. The molecular formula is C21H22FN3O2. The molecule has 27 heavy (non-hydrogen) atoms. The summed E-state index contributed by atoms with van der Waals surface area (Å²) in [5.74, 6) is 0.665. The summed E-state index contributed by atoms with van der Waals surface area (Å²) in [5, 5.41) is 0.904. The molecule has 1 saturated heterocycles. The van der Waals surface area contributed by atoms with E-state index in [2.05, 4.69) is 9.88 Å². The molecule has 1 fully saturated rings. The van der Waals surface area contributed by atoms with Gasteiger partial charge in [0.2, 0.25) is 5.91 Å². The van der Waals surface area contributed by atoms with E-state index in [1.807, 2.05) is 29.2 Å². The summed E-state index contributed by atoms with van der Waals surface area (Å²) < 4.78 is 18.5. The molecule has 2 heterocycles. The third-order valence-corrected chi connectivity index (χ3v) is 5.14. The Hall–Kier alpha value is -3.02. The zero-order valence-electron chi connectivity index (χ0n) is 15.2. The molecule has 1 aromatic heterocycles. The van der Waals surface area contributed by atoms with Crippen LogP contribution in [0.25, 0.3) is 10.9 Å². The SMILES string of the molecule is COc1ccc(N2CCN(C(=O)Cc3c[nH]c4cc(F)ccc34)CC2)cc1. The number of aromatic nitrogens is 1. The number of amides is 1. The Morgan fingerprint density at radius 3 is 2.56 bits per heavy atom. The van der Waals surface area contributed by atoms with Gasteiger partial charge in [-0.05, 0) is 48.0 Å². The molecule has 6 heteroatoms. The smallest absolute Gasteiger partial charge is 0.227 e. The van der Waals surface area contributed by atoms with Gasteiger partial charge in [-0.2, -0.15) is 0 Å². The molecule has 0 aliphatic carbocycles. The second-order valence-electron chi connectivity index (χ2n) is 6.75. The van der Waals surface area contributed by atoms with E-state index in [4.69, 9.17) is 4.74 Å². The van der Waals surface area contributed by atoms with Crippen LogP contribution < -0.4 is 9.64 Å². The van der Waals surface area contributed by atoms with Gasteiger partial charge in [-0.1, -0.05) is 0 Å². The summed E-state index contributed by atoms with van der Waals surface area (Å²) in [6.45, 7) is 3.00. The monoisotopic (exact) mass is 367 g/mol. The van der Waals surface area contributed by atoms with Crippen LogP contribution in [0.1, 0.15) is 5.56 Å². The van der Waals surface area contributed by atoms with Gasteiger partial charge >= 0.3 is 0 Å². The third-order valence-electron chi connectivity index (χ3n) is 5.14. The number of H-pyrrole nitrogens is 1. The molecule has 5 nitrogen and oxygen atoms in total. The minimum absolute atomic E-state index is 0.106. The lowest BCUT2D eigenvalue weighted by atomic mass is 10.1. The van der Waals surface area contributed by atoms with Gasteiger partial charge in [0.1, 0.15) is 11.6 Å². The van der Waals surface area contributed by atoms with Crippen molar-refractivity contribution in [2.24, 2.45) is 0 Å². The molecule has 1 N–H and O–H groups in total. The fourth-order valence-electron chi connectivity index (χ4n) is 3.59. The van der Waals surface area contributed by atoms with Crippen LogP contribution >= 0.6 is 0 Å². The number of benzene rings is 2. The second-order valence-corrected chi connectivity index (χ2v) is 6.75.